The Hall–Kier alpha value is -1.18. The molecule has 3 aromatic rings. The fourth-order valence-electron chi connectivity index (χ4n) is 1.94. The van der Waals surface area contributed by atoms with Crippen molar-refractivity contribution >= 4 is 50.3 Å². The number of pyridine rings is 1. The SMILES string of the molecule is Clc1nccc2oc(-c3cn4c(n3)SC(Br)N4)cc12. The maximum absolute atomic E-state index is 6.03. The maximum Gasteiger partial charge on any atom is 0.190 e. The lowest BCUT2D eigenvalue weighted by atomic mass is 10.3. The highest BCUT2D eigenvalue weighted by molar-refractivity contribution is 9.11. The molecule has 3 aromatic heterocycles. The molecule has 0 radical (unpaired) electrons. The number of halogens is 2. The molecule has 0 spiro atoms. The number of imidazole rings is 1. The highest BCUT2D eigenvalue weighted by atomic mass is 79.9. The first-order valence-corrected chi connectivity index (χ1v) is 7.59. The Balaban J connectivity index is 1.83. The molecule has 1 N–H and O–H groups in total. The van der Waals surface area contributed by atoms with Crippen LogP contribution in [0.15, 0.2) is 34.1 Å². The van der Waals surface area contributed by atoms with Gasteiger partial charge in [0.25, 0.3) is 0 Å². The molecule has 0 bridgehead atoms. The van der Waals surface area contributed by atoms with Gasteiger partial charge in [-0.3, -0.25) is 5.43 Å². The van der Waals surface area contributed by atoms with E-state index < -0.39 is 0 Å². The largest absolute Gasteiger partial charge is 0.454 e. The summed E-state index contributed by atoms with van der Waals surface area (Å²) in [5.41, 5.74) is 4.66. The average molecular weight is 358 g/mol. The van der Waals surface area contributed by atoms with Crippen molar-refractivity contribution in [3.05, 3.63) is 29.7 Å². The van der Waals surface area contributed by atoms with E-state index >= 15 is 0 Å². The second kappa shape index (κ2) is 4.16. The number of thioether (sulfide) groups is 1. The van der Waals surface area contributed by atoms with E-state index in [1.807, 2.05) is 16.9 Å². The van der Waals surface area contributed by atoms with Gasteiger partial charge in [-0.2, -0.15) is 0 Å². The predicted molar refractivity (Wildman–Crippen MR) is 78.2 cm³/mol. The van der Waals surface area contributed by atoms with E-state index in [1.165, 1.54) is 0 Å². The molecule has 1 unspecified atom stereocenters. The molecule has 8 heteroatoms. The lowest BCUT2D eigenvalue weighted by Gasteiger charge is -1.99. The fraction of sp³-hybridized carbons (Fsp3) is 0.0909. The minimum Gasteiger partial charge on any atom is -0.454 e. The van der Waals surface area contributed by atoms with Gasteiger partial charge in [-0.15, -0.1) is 0 Å². The van der Waals surface area contributed by atoms with Gasteiger partial charge in [0.15, 0.2) is 10.9 Å². The van der Waals surface area contributed by atoms with Crippen LogP contribution >= 0.6 is 39.3 Å². The van der Waals surface area contributed by atoms with E-state index in [0.29, 0.717) is 16.5 Å². The Morgan fingerprint density at radius 3 is 3.21 bits per heavy atom. The summed E-state index contributed by atoms with van der Waals surface area (Å²) in [4.78, 5) is 8.54. The zero-order valence-corrected chi connectivity index (χ0v) is 12.5. The van der Waals surface area contributed by atoms with Gasteiger partial charge < -0.3 is 4.42 Å². The summed E-state index contributed by atoms with van der Waals surface area (Å²) in [6.45, 7) is 0. The van der Waals surface area contributed by atoms with E-state index in [0.717, 1.165) is 16.2 Å². The van der Waals surface area contributed by atoms with Crippen molar-refractivity contribution < 1.29 is 4.42 Å². The number of fused-ring (bicyclic) bond motifs is 2. The van der Waals surface area contributed by atoms with Gasteiger partial charge in [0, 0.05) is 6.20 Å². The number of hydrogen-bond acceptors (Lipinski definition) is 5. The van der Waals surface area contributed by atoms with Crippen LogP contribution < -0.4 is 5.43 Å². The normalized spacial score (nSPS) is 17.7. The second-order valence-corrected chi connectivity index (χ2v) is 6.92. The van der Waals surface area contributed by atoms with Crippen molar-refractivity contribution in [1.82, 2.24) is 14.6 Å². The molecular formula is C11H6BrClN4OS. The van der Waals surface area contributed by atoms with Crippen LogP contribution in [0, 0.1) is 0 Å². The Labute approximate surface area is 125 Å². The van der Waals surface area contributed by atoms with Crippen molar-refractivity contribution in [2.75, 3.05) is 5.43 Å². The van der Waals surface area contributed by atoms with Crippen LogP contribution in [0.5, 0.6) is 0 Å². The Morgan fingerprint density at radius 1 is 1.53 bits per heavy atom. The molecule has 1 aliphatic heterocycles. The van der Waals surface area contributed by atoms with Crippen LogP contribution in [-0.4, -0.2) is 18.9 Å². The van der Waals surface area contributed by atoms with Gasteiger partial charge in [0.2, 0.25) is 0 Å². The van der Waals surface area contributed by atoms with Crippen molar-refractivity contribution in [3.8, 4) is 11.5 Å². The van der Waals surface area contributed by atoms with Gasteiger partial charge in [-0.05, 0) is 23.9 Å². The summed E-state index contributed by atoms with van der Waals surface area (Å²) in [5, 5.41) is 2.13. The molecule has 1 aliphatic rings. The molecule has 5 nitrogen and oxygen atoms in total. The van der Waals surface area contributed by atoms with E-state index in [2.05, 4.69) is 31.3 Å². The minimum absolute atomic E-state index is 0.151. The van der Waals surface area contributed by atoms with Gasteiger partial charge in [-0.1, -0.05) is 27.5 Å². The Bertz CT molecular complexity index is 763. The van der Waals surface area contributed by atoms with Gasteiger partial charge in [0.1, 0.15) is 20.7 Å². The number of furan rings is 1. The van der Waals surface area contributed by atoms with Crippen LogP contribution in [0.2, 0.25) is 5.15 Å². The molecule has 0 saturated heterocycles. The summed E-state index contributed by atoms with van der Waals surface area (Å²) in [6.07, 6.45) is 3.51. The van der Waals surface area contributed by atoms with Crippen LogP contribution in [0.25, 0.3) is 22.4 Å². The van der Waals surface area contributed by atoms with Crippen molar-refractivity contribution in [1.29, 1.82) is 0 Å². The third-order valence-electron chi connectivity index (χ3n) is 2.77. The lowest BCUT2D eigenvalue weighted by molar-refractivity contribution is 0.628. The van der Waals surface area contributed by atoms with Crippen LogP contribution in [0.4, 0.5) is 0 Å². The Morgan fingerprint density at radius 2 is 2.42 bits per heavy atom. The number of rotatable bonds is 1. The number of hydrogen-bond donors (Lipinski definition) is 1. The molecule has 4 heterocycles. The van der Waals surface area contributed by atoms with Crippen molar-refractivity contribution in [2.45, 2.75) is 9.44 Å². The summed E-state index contributed by atoms with van der Waals surface area (Å²) >= 11 is 11.1. The van der Waals surface area contributed by atoms with Gasteiger partial charge in [0.05, 0.1) is 11.6 Å². The first kappa shape index (κ1) is 11.6. The summed E-state index contributed by atoms with van der Waals surface area (Å²) in [7, 11) is 0. The van der Waals surface area contributed by atoms with E-state index in [4.69, 9.17) is 16.0 Å². The number of aromatic nitrogens is 3. The summed E-state index contributed by atoms with van der Waals surface area (Å²) in [5.74, 6) is 0.681. The number of nitrogens with zero attached hydrogens (tertiary/aromatic N) is 3. The maximum atomic E-state index is 6.03. The van der Waals surface area contributed by atoms with Gasteiger partial charge >= 0.3 is 0 Å². The summed E-state index contributed by atoms with van der Waals surface area (Å²) < 4.78 is 7.77. The molecule has 0 amide bonds. The first-order chi connectivity index (χ1) is 9.20. The molecule has 0 aliphatic carbocycles. The molecule has 0 saturated carbocycles. The highest BCUT2D eigenvalue weighted by Gasteiger charge is 2.23. The lowest BCUT2D eigenvalue weighted by Crippen LogP contribution is -2.11. The van der Waals surface area contributed by atoms with Crippen molar-refractivity contribution in [2.24, 2.45) is 0 Å². The molecular weight excluding hydrogens is 352 g/mol. The van der Waals surface area contributed by atoms with E-state index in [9.17, 15) is 0 Å². The molecule has 4 rings (SSSR count). The highest BCUT2D eigenvalue weighted by Crippen LogP contribution is 2.35. The first-order valence-electron chi connectivity index (χ1n) is 5.42. The van der Waals surface area contributed by atoms with Gasteiger partial charge in [-0.25, -0.2) is 14.6 Å². The molecule has 19 heavy (non-hydrogen) atoms. The van der Waals surface area contributed by atoms with Crippen LogP contribution in [0.1, 0.15) is 0 Å². The standard InChI is InChI=1S/C11H6BrClN4OS/c12-10-16-17-4-6(15-11(17)19-10)8-3-5-7(18-8)1-2-14-9(5)13/h1-4,10,16H. The van der Waals surface area contributed by atoms with E-state index in [-0.39, 0.29) is 4.28 Å². The third-order valence-corrected chi connectivity index (χ3v) is 4.65. The smallest absolute Gasteiger partial charge is 0.190 e. The van der Waals surface area contributed by atoms with Crippen molar-refractivity contribution in [3.63, 3.8) is 0 Å². The minimum atomic E-state index is 0.151. The fourth-order valence-corrected chi connectivity index (χ4v) is 3.59. The van der Waals surface area contributed by atoms with Crippen LogP contribution in [0.3, 0.4) is 0 Å². The number of nitrogens with one attached hydrogen (secondary N) is 1. The zero-order chi connectivity index (χ0) is 13.0. The predicted octanol–water partition coefficient (Wildman–Crippen LogP) is 3.67. The second-order valence-electron chi connectivity index (χ2n) is 3.97. The molecule has 0 aromatic carbocycles. The average Bonchev–Trinajstić information content (AvgIpc) is 3.00. The number of alkyl halides is 1. The molecule has 0 fully saturated rings. The monoisotopic (exact) mass is 356 g/mol. The van der Waals surface area contributed by atoms with Crippen LogP contribution in [-0.2, 0) is 0 Å². The molecule has 1 atom stereocenters. The quantitative estimate of drug-likeness (QED) is 0.409. The van der Waals surface area contributed by atoms with E-state index in [1.54, 1.807) is 24.0 Å². The third kappa shape index (κ3) is 1.84. The zero-order valence-electron chi connectivity index (χ0n) is 9.30. The molecule has 96 valence electrons. The Kier molecular flexibility index (Phi) is 2.54. The topological polar surface area (TPSA) is 55.9 Å². The summed E-state index contributed by atoms with van der Waals surface area (Å²) in [6, 6.07) is 3.65.